The molecular weight excluding hydrogens is 635 g/mol. The van der Waals surface area contributed by atoms with E-state index in [1.807, 2.05) is 0 Å². The van der Waals surface area contributed by atoms with Crippen LogP contribution in [-0.4, -0.2) is 16.8 Å². The number of hydrogen-bond acceptors (Lipinski definition) is 4. The molecular formula is C25H18BrIO4S2. The molecule has 0 saturated carbocycles. The highest BCUT2D eigenvalue weighted by Crippen LogP contribution is 2.25. The number of hydrogen-bond donors (Lipinski definition) is 0. The van der Waals surface area contributed by atoms with Gasteiger partial charge < -0.3 is 0 Å². The van der Waals surface area contributed by atoms with Gasteiger partial charge in [0.05, 0.1) is 19.6 Å². The second-order valence-electron chi connectivity index (χ2n) is 7.38. The summed E-state index contributed by atoms with van der Waals surface area (Å²) < 4.78 is 53.0. The lowest BCUT2D eigenvalue weighted by Gasteiger charge is -2.08. The van der Waals surface area contributed by atoms with Gasteiger partial charge in [0, 0.05) is 8.04 Å². The molecule has 4 nitrogen and oxygen atoms in total. The van der Waals surface area contributed by atoms with E-state index in [-0.39, 0.29) is 19.6 Å². The fraction of sp³-hybridized carbons (Fsp3) is 0.0400. The summed E-state index contributed by atoms with van der Waals surface area (Å²) in [6.45, 7) is 0. The summed E-state index contributed by atoms with van der Waals surface area (Å²) in [5.74, 6) is 0. The number of benzene rings is 4. The summed E-state index contributed by atoms with van der Waals surface area (Å²) >= 11 is 5.44. The smallest absolute Gasteiger partial charge is 0.206 e. The summed E-state index contributed by atoms with van der Waals surface area (Å²) in [7, 11) is -7.15. The molecule has 4 rings (SSSR count). The highest BCUT2D eigenvalue weighted by atomic mass is 127. The third-order valence-electron chi connectivity index (χ3n) is 5.12. The van der Waals surface area contributed by atoms with E-state index in [1.54, 1.807) is 97.1 Å². The van der Waals surface area contributed by atoms with Gasteiger partial charge in [-0.2, -0.15) is 0 Å². The molecule has 0 N–H and O–H groups in total. The standard InChI is InChI=1S/C25H18BrIO4S2/c26-20-5-13-24(14-6-20)32(28,29)22-9-1-18(2-10-22)17-19-3-11-23(12-4-19)33(30,31)25-15-7-21(27)8-16-25/h1-16H,17H2. The van der Waals surface area contributed by atoms with Crippen LogP contribution in [0.2, 0.25) is 0 Å². The van der Waals surface area contributed by atoms with Crippen LogP contribution in [0, 0.1) is 3.57 Å². The quantitative estimate of drug-likeness (QED) is 0.229. The van der Waals surface area contributed by atoms with Crippen molar-refractivity contribution in [3.05, 3.63) is 116 Å². The second-order valence-corrected chi connectivity index (χ2v) is 13.4. The zero-order valence-corrected chi connectivity index (χ0v) is 22.5. The molecule has 0 spiro atoms. The first kappa shape index (κ1) is 24.1. The molecule has 0 aliphatic rings. The highest BCUT2D eigenvalue weighted by Gasteiger charge is 2.18. The van der Waals surface area contributed by atoms with Gasteiger partial charge in [0.15, 0.2) is 0 Å². The van der Waals surface area contributed by atoms with Gasteiger partial charge in [-0.25, -0.2) is 16.8 Å². The van der Waals surface area contributed by atoms with Crippen LogP contribution in [0.5, 0.6) is 0 Å². The predicted octanol–water partition coefficient (Wildman–Crippen LogP) is 6.31. The lowest BCUT2D eigenvalue weighted by molar-refractivity contribution is 0.594. The van der Waals surface area contributed by atoms with Crippen molar-refractivity contribution in [3.8, 4) is 0 Å². The first-order valence-corrected chi connectivity index (χ1v) is 14.7. The van der Waals surface area contributed by atoms with E-state index in [0.29, 0.717) is 6.42 Å². The second kappa shape index (κ2) is 9.69. The Kier molecular flexibility index (Phi) is 7.09. The van der Waals surface area contributed by atoms with Crippen LogP contribution in [0.15, 0.2) is 121 Å². The minimum atomic E-state index is -3.58. The van der Waals surface area contributed by atoms with Crippen molar-refractivity contribution in [2.45, 2.75) is 26.0 Å². The largest absolute Gasteiger partial charge is 0.219 e. The fourth-order valence-corrected chi connectivity index (χ4v) is 6.45. The van der Waals surface area contributed by atoms with E-state index in [2.05, 4.69) is 38.5 Å². The van der Waals surface area contributed by atoms with E-state index >= 15 is 0 Å². The molecule has 0 unspecified atom stereocenters. The summed E-state index contributed by atoms with van der Waals surface area (Å²) in [5.41, 5.74) is 1.86. The van der Waals surface area contributed by atoms with Gasteiger partial charge in [-0.1, -0.05) is 40.2 Å². The van der Waals surface area contributed by atoms with Crippen molar-refractivity contribution < 1.29 is 16.8 Å². The lowest BCUT2D eigenvalue weighted by Crippen LogP contribution is -2.03. The molecule has 0 fully saturated rings. The summed E-state index contributed by atoms with van der Waals surface area (Å²) in [6, 6.07) is 26.8. The van der Waals surface area contributed by atoms with Crippen molar-refractivity contribution in [1.29, 1.82) is 0 Å². The molecule has 4 aromatic rings. The lowest BCUT2D eigenvalue weighted by atomic mass is 10.1. The van der Waals surface area contributed by atoms with Crippen molar-refractivity contribution in [2.75, 3.05) is 0 Å². The Balaban J connectivity index is 1.51. The van der Waals surface area contributed by atoms with Gasteiger partial charge in [-0.05, 0) is 113 Å². The minimum absolute atomic E-state index is 0.229. The monoisotopic (exact) mass is 652 g/mol. The Morgan fingerprint density at radius 2 is 0.818 bits per heavy atom. The van der Waals surface area contributed by atoms with Crippen LogP contribution >= 0.6 is 38.5 Å². The topological polar surface area (TPSA) is 68.3 Å². The van der Waals surface area contributed by atoms with E-state index in [4.69, 9.17) is 0 Å². The van der Waals surface area contributed by atoms with E-state index in [9.17, 15) is 16.8 Å². The van der Waals surface area contributed by atoms with Crippen molar-refractivity contribution in [2.24, 2.45) is 0 Å². The van der Waals surface area contributed by atoms with Crippen molar-refractivity contribution in [3.63, 3.8) is 0 Å². The van der Waals surface area contributed by atoms with Gasteiger partial charge >= 0.3 is 0 Å². The van der Waals surface area contributed by atoms with E-state index in [0.717, 1.165) is 19.2 Å². The fourth-order valence-electron chi connectivity index (χ4n) is 3.31. The molecule has 0 amide bonds. The first-order valence-electron chi connectivity index (χ1n) is 9.85. The summed E-state index contributed by atoms with van der Waals surface area (Å²) in [4.78, 5) is 0.970. The van der Waals surface area contributed by atoms with Gasteiger partial charge in [0.1, 0.15) is 0 Å². The maximum atomic E-state index is 12.8. The Morgan fingerprint density at radius 1 is 0.515 bits per heavy atom. The molecule has 0 aromatic heterocycles. The Bertz CT molecular complexity index is 1360. The van der Waals surface area contributed by atoms with E-state index < -0.39 is 19.7 Å². The zero-order chi connectivity index (χ0) is 23.6. The van der Waals surface area contributed by atoms with Gasteiger partial charge in [0.2, 0.25) is 19.7 Å². The average molecular weight is 653 g/mol. The predicted molar refractivity (Wildman–Crippen MR) is 140 cm³/mol. The molecule has 33 heavy (non-hydrogen) atoms. The molecule has 4 aromatic carbocycles. The molecule has 0 aliphatic heterocycles. The Hall–Kier alpha value is -2.01. The third-order valence-corrected chi connectivity index (χ3v) is 9.94. The van der Waals surface area contributed by atoms with Crippen LogP contribution in [0.1, 0.15) is 11.1 Å². The molecule has 0 radical (unpaired) electrons. The van der Waals surface area contributed by atoms with Crippen LogP contribution in [0.3, 0.4) is 0 Å². The van der Waals surface area contributed by atoms with E-state index in [1.165, 1.54) is 0 Å². The molecule has 0 atom stereocenters. The van der Waals surface area contributed by atoms with Gasteiger partial charge in [-0.15, -0.1) is 0 Å². The third kappa shape index (κ3) is 5.40. The summed E-state index contributed by atoms with van der Waals surface area (Å²) in [6.07, 6.45) is 0.558. The molecule has 0 heterocycles. The summed E-state index contributed by atoms with van der Waals surface area (Å²) in [5, 5.41) is 0. The maximum absolute atomic E-state index is 12.8. The van der Waals surface area contributed by atoms with Crippen LogP contribution < -0.4 is 0 Å². The number of rotatable bonds is 6. The Morgan fingerprint density at radius 3 is 1.18 bits per heavy atom. The van der Waals surface area contributed by atoms with Crippen molar-refractivity contribution >= 4 is 58.2 Å². The minimum Gasteiger partial charge on any atom is -0.219 e. The normalized spacial score (nSPS) is 11.9. The number of sulfone groups is 2. The molecule has 168 valence electrons. The van der Waals surface area contributed by atoms with Crippen molar-refractivity contribution in [1.82, 2.24) is 0 Å². The van der Waals surface area contributed by atoms with Gasteiger partial charge in [0.25, 0.3) is 0 Å². The molecule has 0 aliphatic carbocycles. The van der Waals surface area contributed by atoms with Crippen LogP contribution in [-0.2, 0) is 26.1 Å². The molecule has 0 bridgehead atoms. The SMILES string of the molecule is O=S(=O)(c1ccc(Br)cc1)c1ccc(Cc2ccc(S(=O)(=O)c3ccc(I)cc3)cc2)cc1. The molecule has 8 heteroatoms. The zero-order valence-electron chi connectivity index (χ0n) is 17.2. The maximum Gasteiger partial charge on any atom is 0.206 e. The number of halogens is 2. The first-order chi connectivity index (χ1) is 15.7. The van der Waals surface area contributed by atoms with Crippen LogP contribution in [0.4, 0.5) is 0 Å². The molecule has 0 saturated heterocycles. The van der Waals surface area contributed by atoms with Crippen LogP contribution in [0.25, 0.3) is 0 Å². The average Bonchev–Trinajstić information content (AvgIpc) is 2.80. The van der Waals surface area contributed by atoms with Gasteiger partial charge in [-0.3, -0.25) is 0 Å². The Labute approximate surface area is 215 Å². The highest BCUT2D eigenvalue weighted by molar-refractivity contribution is 14.1.